The average Bonchev–Trinajstić information content (AvgIpc) is 2.46. The molecule has 106 valence electrons. The minimum Gasteiger partial charge on any atom is -0.496 e. The van der Waals surface area contributed by atoms with E-state index in [2.05, 4.69) is 10.3 Å². The molecule has 4 nitrogen and oxygen atoms in total. The summed E-state index contributed by atoms with van der Waals surface area (Å²) in [6, 6.07) is 7.53. The molecular formula is C15H17ClN2O2. The van der Waals surface area contributed by atoms with Crippen LogP contribution >= 0.6 is 11.6 Å². The summed E-state index contributed by atoms with van der Waals surface area (Å²) in [7, 11) is 3.25. The Kier molecular flexibility index (Phi) is 4.69. The number of methoxy groups -OCH3 is 2. The maximum Gasteiger partial charge on any atom is 0.160 e. The first-order valence-electron chi connectivity index (χ1n) is 6.21. The molecule has 0 aliphatic heterocycles. The fraction of sp³-hybridized carbons (Fsp3) is 0.267. The first-order valence-corrected chi connectivity index (χ1v) is 6.59. The molecule has 0 saturated carbocycles. The topological polar surface area (TPSA) is 43.4 Å². The van der Waals surface area contributed by atoms with Gasteiger partial charge in [0.15, 0.2) is 5.75 Å². The lowest BCUT2D eigenvalue weighted by Gasteiger charge is -2.14. The van der Waals surface area contributed by atoms with Gasteiger partial charge in [-0.25, -0.2) is 0 Å². The molecule has 0 spiro atoms. The standard InChI is InChI=1S/C15H17ClN2O2/c1-10-7-13(15(20-3)9-17-10)18-8-11-12(16)5-4-6-14(11)19-2/h4-7,9H,8H2,1-3H3,(H,17,18). The van der Waals surface area contributed by atoms with Gasteiger partial charge in [0.05, 0.1) is 26.1 Å². The van der Waals surface area contributed by atoms with Crippen LogP contribution in [0.25, 0.3) is 0 Å². The van der Waals surface area contributed by atoms with Gasteiger partial charge >= 0.3 is 0 Å². The van der Waals surface area contributed by atoms with Crippen molar-refractivity contribution in [1.82, 2.24) is 4.98 Å². The summed E-state index contributed by atoms with van der Waals surface area (Å²) in [6.45, 7) is 2.48. The van der Waals surface area contributed by atoms with E-state index >= 15 is 0 Å². The second kappa shape index (κ2) is 6.48. The molecule has 0 saturated heterocycles. The van der Waals surface area contributed by atoms with Crippen LogP contribution in [-0.4, -0.2) is 19.2 Å². The van der Waals surface area contributed by atoms with Crippen LogP contribution in [-0.2, 0) is 6.54 Å². The summed E-state index contributed by atoms with van der Waals surface area (Å²) in [5.41, 5.74) is 2.70. The van der Waals surface area contributed by atoms with Crippen LogP contribution in [0.4, 0.5) is 5.69 Å². The summed E-state index contributed by atoms with van der Waals surface area (Å²) in [4.78, 5) is 4.20. The SMILES string of the molecule is COc1cnc(C)cc1NCc1c(Cl)cccc1OC. The van der Waals surface area contributed by atoms with E-state index in [1.54, 1.807) is 20.4 Å². The summed E-state index contributed by atoms with van der Waals surface area (Å²) in [6.07, 6.45) is 1.70. The second-order valence-electron chi connectivity index (χ2n) is 4.30. The average molecular weight is 293 g/mol. The predicted octanol–water partition coefficient (Wildman–Crippen LogP) is 3.67. The summed E-state index contributed by atoms with van der Waals surface area (Å²) >= 11 is 6.22. The number of nitrogens with zero attached hydrogens (tertiary/aromatic N) is 1. The molecule has 1 aromatic heterocycles. The van der Waals surface area contributed by atoms with Gasteiger partial charge in [-0.05, 0) is 25.1 Å². The van der Waals surface area contributed by atoms with Crippen molar-refractivity contribution in [2.45, 2.75) is 13.5 Å². The van der Waals surface area contributed by atoms with E-state index in [0.29, 0.717) is 17.3 Å². The highest BCUT2D eigenvalue weighted by Gasteiger charge is 2.09. The molecule has 1 heterocycles. The first kappa shape index (κ1) is 14.5. The van der Waals surface area contributed by atoms with Crippen molar-refractivity contribution in [2.75, 3.05) is 19.5 Å². The first-order chi connectivity index (χ1) is 9.65. The highest BCUT2D eigenvalue weighted by molar-refractivity contribution is 6.31. The molecule has 0 unspecified atom stereocenters. The Labute approximate surface area is 123 Å². The molecule has 0 fully saturated rings. The van der Waals surface area contributed by atoms with E-state index in [0.717, 1.165) is 22.7 Å². The number of ether oxygens (including phenoxy) is 2. The van der Waals surface area contributed by atoms with Crippen molar-refractivity contribution in [2.24, 2.45) is 0 Å². The molecular weight excluding hydrogens is 276 g/mol. The fourth-order valence-corrected chi connectivity index (χ4v) is 2.17. The zero-order valence-corrected chi connectivity index (χ0v) is 12.5. The molecule has 5 heteroatoms. The molecule has 0 aliphatic carbocycles. The van der Waals surface area contributed by atoms with Crippen molar-refractivity contribution in [3.05, 3.63) is 46.7 Å². The highest BCUT2D eigenvalue weighted by atomic mass is 35.5. The lowest BCUT2D eigenvalue weighted by molar-refractivity contribution is 0.409. The third kappa shape index (κ3) is 3.14. The number of hydrogen-bond donors (Lipinski definition) is 1. The third-order valence-corrected chi connectivity index (χ3v) is 3.33. The van der Waals surface area contributed by atoms with E-state index in [1.165, 1.54) is 0 Å². The van der Waals surface area contributed by atoms with Crippen LogP contribution < -0.4 is 14.8 Å². The summed E-state index contributed by atoms with van der Waals surface area (Å²) in [5.74, 6) is 1.45. The van der Waals surface area contributed by atoms with Crippen LogP contribution in [0, 0.1) is 6.92 Å². The molecule has 0 amide bonds. The molecule has 1 aromatic carbocycles. The quantitative estimate of drug-likeness (QED) is 0.913. The third-order valence-electron chi connectivity index (χ3n) is 2.98. The molecule has 2 aromatic rings. The van der Waals surface area contributed by atoms with Gasteiger partial charge in [0.25, 0.3) is 0 Å². The van der Waals surface area contributed by atoms with Gasteiger partial charge in [0, 0.05) is 22.8 Å². The monoisotopic (exact) mass is 292 g/mol. The number of anilines is 1. The Morgan fingerprint density at radius 1 is 1.20 bits per heavy atom. The Morgan fingerprint density at radius 3 is 2.65 bits per heavy atom. The van der Waals surface area contributed by atoms with Crippen molar-refractivity contribution < 1.29 is 9.47 Å². The van der Waals surface area contributed by atoms with E-state index in [1.807, 2.05) is 31.2 Å². The lowest BCUT2D eigenvalue weighted by Crippen LogP contribution is -2.04. The number of rotatable bonds is 5. The van der Waals surface area contributed by atoms with Gasteiger partial charge in [0.2, 0.25) is 0 Å². The maximum absolute atomic E-state index is 6.22. The van der Waals surface area contributed by atoms with Gasteiger partial charge in [-0.1, -0.05) is 17.7 Å². The van der Waals surface area contributed by atoms with Crippen LogP contribution in [0.2, 0.25) is 5.02 Å². The molecule has 0 bridgehead atoms. The number of aryl methyl sites for hydroxylation is 1. The van der Waals surface area contributed by atoms with Crippen LogP contribution in [0.15, 0.2) is 30.5 Å². The number of hydrogen-bond acceptors (Lipinski definition) is 4. The van der Waals surface area contributed by atoms with Crippen molar-refractivity contribution >= 4 is 17.3 Å². The van der Waals surface area contributed by atoms with Crippen molar-refractivity contribution in [1.29, 1.82) is 0 Å². The molecule has 1 N–H and O–H groups in total. The Morgan fingerprint density at radius 2 is 1.95 bits per heavy atom. The van der Waals surface area contributed by atoms with Crippen LogP contribution in [0.1, 0.15) is 11.3 Å². The fourth-order valence-electron chi connectivity index (χ4n) is 1.93. The van der Waals surface area contributed by atoms with Crippen molar-refractivity contribution in [3.63, 3.8) is 0 Å². The smallest absolute Gasteiger partial charge is 0.160 e. The summed E-state index contributed by atoms with van der Waals surface area (Å²) in [5, 5.41) is 3.98. The molecule has 0 aliphatic rings. The number of halogens is 1. The Bertz CT molecular complexity index is 602. The van der Waals surface area contributed by atoms with Gasteiger partial charge in [-0.15, -0.1) is 0 Å². The summed E-state index contributed by atoms with van der Waals surface area (Å²) < 4.78 is 10.6. The lowest BCUT2D eigenvalue weighted by atomic mass is 10.2. The van der Waals surface area contributed by atoms with Gasteiger partial charge < -0.3 is 14.8 Å². The molecule has 0 atom stereocenters. The number of nitrogens with one attached hydrogen (secondary N) is 1. The van der Waals surface area contributed by atoms with Crippen LogP contribution in [0.5, 0.6) is 11.5 Å². The van der Waals surface area contributed by atoms with Gasteiger partial charge in [-0.2, -0.15) is 0 Å². The minimum atomic E-state index is 0.544. The number of benzene rings is 1. The van der Waals surface area contributed by atoms with E-state index in [-0.39, 0.29) is 0 Å². The zero-order valence-electron chi connectivity index (χ0n) is 11.7. The second-order valence-corrected chi connectivity index (χ2v) is 4.71. The zero-order chi connectivity index (χ0) is 14.5. The maximum atomic E-state index is 6.22. The van der Waals surface area contributed by atoms with E-state index in [4.69, 9.17) is 21.1 Å². The largest absolute Gasteiger partial charge is 0.496 e. The normalized spacial score (nSPS) is 10.2. The van der Waals surface area contributed by atoms with E-state index < -0.39 is 0 Å². The van der Waals surface area contributed by atoms with Gasteiger partial charge in [-0.3, -0.25) is 4.98 Å². The predicted molar refractivity (Wildman–Crippen MR) is 80.9 cm³/mol. The van der Waals surface area contributed by atoms with Gasteiger partial charge in [0.1, 0.15) is 5.75 Å². The molecule has 20 heavy (non-hydrogen) atoms. The highest BCUT2D eigenvalue weighted by Crippen LogP contribution is 2.29. The molecule has 2 rings (SSSR count). The Balaban J connectivity index is 2.23. The molecule has 0 radical (unpaired) electrons. The number of pyridine rings is 1. The number of aromatic nitrogens is 1. The van der Waals surface area contributed by atoms with Crippen molar-refractivity contribution in [3.8, 4) is 11.5 Å². The van der Waals surface area contributed by atoms with E-state index in [9.17, 15) is 0 Å². The van der Waals surface area contributed by atoms with Crippen LogP contribution in [0.3, 0.4) is 0 Å². The Hall–Kier alpha value is -1.94. The minimum absolute atomic E-state index is 0.544.